The number of carbonyl (C=O) groups is 1. The Bertz CT molecular complexity index is 865. The number of pyridine rings is 1. The molecule has 0 bridgehead atoms. The third kappa shape index (κ3) is 2.41. The predicted octanol–water partition coefficient (Wildman–Crippen LogP) is 2.95. The van der Waals surface area contributed by atoms with Gasteiger partial charge in [0.2, 0.25) is 0 Å². The van der Waals surface area contributed by atoms with Gasteiger partial charge in [0.05, 0.1) is 12.3 Å². The first-order chi connectivity index (χ1) is 10.6. The van der Waals surface area contributed by atoms with E-state index in [1.807, 2.05) is 25.1 Å². The maximum atomic E-state index is 12.6. The lowest BCUT2D eigenvalue weighted by atomic mass is 10.1. The molecule has 2 heterocycles. The van der Waals surface area contributed by atoms with E-state index in [1.165, 1.54) is 0 Å². The fraction of sp³-hybridized carbons (Fsp3) is 0.176. The summed E-state index contributed by atoms with van der Waals surface area (Å²) < 4.78 is 5.33. The van der Waals surface area contributed by atoms with Crippen LogP contribution in [0.5, 0.6) is 0 Å². The Balaban J connectivity index is 1.96. The first kappa shape index (κ1) is 14.1. The van der Waals surface area contributed by atoms with Crippen LogP contribution in [0, 0.1) is 0 Å². The summed E-state index contributed by atoms with van der Waals surface area (Å²) in [6, 6.07) is 12.3. The highest BCUT2D eigenvalue weighted by molar-refractivity contribution is 5.96. The summed E-state index contributed by atoms with van der Waals surface area (Å²) in [5, 5.41) is 1.31. The Morgan fingerprint density at radius 3 is 2.73 bits per heavy atom. The minimum atomic E-state index is -0.263. The molecule has 1 aromatic carbocycles. The first-order valence-electron chi connectivity index (χ1n) is 7.00. The van der Waals surface area contributed by atoms with Crippen LogP contribution in [0.2, 0.25) is 0 Å². The molecule has 1 unspecified atom stereocenters. The lowest BCUT2D eigenvalue weighted by Crippen LogP contribution is -2.31. The summed E-state index contributed by atoms with van der Waals surface area (Å²) in [6.07, 6.45) is 1.57. The lowest BCUT2D eigenvalue weighted by Gasteiger charge is -2.23. The summed E-state index contributed by atoms with van der Waals surface area (Å²) in [4.78, 5) is 28.9. The van der Waals surface area contributed by atoms with Crippen molar-refractivity contribution in [1.29, 1.82) is 0 Å². The average molecular weight is 296 g/mol. The molecular weight excluding hydrogens is 280 g/mol. The van der Waals surface area contributed by atoms with E-state index in [1.54, 1.807) is 42.5 Å². The number of aromatic nitrogens is 1. The molecule has 0 aliphatic rings. The number of nitrogens with zero attached hydrogens (tertiary/aromatic N) is 1. The second-order valence-corrected chi connectivity index (χ2v) is 5.21. The Labute approximate surface area is 127 Å². The quantitative estimate of drug-likeness (QED) is 0.808. The molecule has 3 aromatic rings. The van der Waals surface area contributed by atoms with Crippen molar-refractivity contribution in [3.05, 3.63) is 70.5 Å². The second-order valence-electron chi connectivity index (χ2n) is 5.21. The van der Waals surface area contributed by atoms with E-state index in [4.69, 9.17) is 4.42 Å². The maximum absolute atomic E-state index is 12.6. The van der Waals surface area contributed by atoms with E-state index in [-0.39, 0.29) is 23.2 Å². The van der Waals surface area contributed by atoms with Gasteiger partial charge in [-0.15, -0.1) is 0 Å². The number of furan rings is 1. The van der Waals surface area contributed by atoms with Gasteiger partial charge >= 0.3 is 0 Å². The third-order valence-electron chi connectivity index (χ3n) is 3.84. The Morgan fingerprint density at radius 2 is 2.00 bits per heavy atom. The van der Waals surface area contributed by atoms with Crippen LogP contribution >= 0.6 is 0 Å². The van der Waals surface area contributed by atoms with E-state index in [0.717, 1.165) is 5.39 Å². The number of benzene rings is 1. The molecule has 0 aliphatic carbocycles. The van der Waals surface area contributed by atoms with E-state index in [2.05, 4.69) is 4.98 Å². The highest BCUT2D eigenvalue weighted by atomic mass is 16.3. The first-order valence-corrected chi connectivity index (χ1v) is 7.00. The van der Waals surface area contributed by atoms with E-state index in [0.29, 0.717) is 11.1 Å². The monoisotopic (exact) mass is 296 g/mol. The molecular formula is C17H16N2O3. The SMILES string of the molecule is CC(c1ccco1)N(C)C(=O)c1cc2ccccc2c(=O)[nH]1. The molecule has 0 aliphatic heterocycles. The van der Waals surface area contributed by atoms with Gasteiger partial charge in [-0.3, -0.25) is 9.59 Å². The van der Waals surface area contributed by atoms with Gasteiger partial charge in [-0.25, -0.2) is 0 Å². The number of amides is 1. The minimum Gasteiger partial charge on any atom is -0.467 e. The summed E-state index contributed by atoms with van der Waals surface area (Å²) >= 11 is 0. The fourth-order valence-electron chi connectivity index (χ4n) is 2.41. The van der Waals surface area contributed by atoms with Crippen LogP contribution in [0.25, 0.3) is 10.8 Å². The summed E-state index contributed by atoms with van der Waals surface area (Å²) in [5.74, 6) is 0.436. The number of fused-ring (bicyclic) bond motifs is 1. The van der Waals surface area contributed by atoms with Crippen molar-refractivity contribution in [1.82, 2.24) is 9.88 Å². The standard InChI is InChI=1S/C17H16N2O3/c1-11(15-8-5-9-22-15)19(2)17(21)14-10-12-6-3-4-7-13(12)16(20)18-14/h3-11H,1-2H3,(H,18,20). The fourth-order valence-corrected chi connectivity index (χ4v) is 2.41. The summed E-state index contributed by atoms with van der Waals surface area (Å²) in [5.41, 5.74) is 0.00473. The number of aromatic amines is 1. The number of H-pyrrole nitrogens is 1. The summed E-state index contributed by atoms with van der Waals surface area (Å²) in [7, 11) is 1.68. The zero-order chi connectivity index (χ0) is 15.7. The smallest absolute Gasteiger partial charge is 0.270 e. The number of rotatable bonds is 3. The molecule has 0 fully saturated rings. The van der Waals surface area contributed by atoms with Crippen LogP contribution in [0.1, 0.15) is 29.2 Å². The second kappa shape index (κ2) is 5.52. The Hall–Kier alpha value is -2.82. The molecule has 0 spiro atoms. The lowest BCUT2D eigenvalue weighted by molar-refractivity contribution is 0.0720. The van der Waals surface area contributed by atoms with Gasteiger partial charge in [-0.2, -0.15) is 0 Å². The predicted molar refractivity (Wildman–Crippen MR) is 83.8 cm³/mol. The minimum absolute atomic E-state index is 0.225. The van der Waals surface area contributed by atoms with Crippen molar-refractivity contribution in [3.8, 4) is 0 Å². The van der Waals surface area contributed by atoms with Crippen LogP contribution in [-0.4, -0.2) is 22.8 Å². The average Bonchev–Trinajstić information content (AvgIpc) is 3.07. The Kier molecular flexibility index (Phi) is 3.55. The van der Waals surface area contributed by atoms with Gasteiger partial charge < -0.3 is 14.3 Å². The van der Waals surface area contributed by atoms with Gasteiger partial charge in [-0.05, 0) is 36.6 Å². The normalized spacial score (nSPS) is 12.3. The number of carbonyl (C=O) groups excluding carboxylic acids is 1. The number of hydrogen-bond donors (Lipinski definition) is 1. The van der Waals surface area contributed by atoms with E-state index in [9.17, 15) is 9.59 Å². The molecule has 2 aromatic heterocycles. The zero-order valence-corrected chi connectivity index (χ0v) is 12.4. The van der Waals surface area contributed by atoms with Gasteiger partial charge in [-0.1, -0.05) is 18.2 Å². The van der Waals surface area contributed by atoms with Gasteiger partial charge in [0.15, 0.2) is 0 Å². The molecule has 1 atom stereocenters. The van der Waals surface area contributed by atoms with Crippen molar-refractivity contribution in [2.45, 2.75) is 13.0 Å². The van der Waals surface area contributed by atoms with Crippen molar-refractivity contribution in [2.75, 3.05) is 7.05 Å². The maximum Gasteiger partial charge on any atom is 0.270 e. The third-order valence-corrected chi connectivity index (χ3v) is 3.84. The van der Waals surface area contributed by atoms with Gasteiger partial charge in [0.25, 0.3) is 11.5 Å². The molecule has 112 valence electrons. The van der Waals surface area contributed by atoms with Crippen LogP contribution in [0.4, 0.5) is 0 Å². The van der Waals surface area contributed by atoms with Crippen molar-refractivity contribution in [2.24, 2.45) is 0 Å². The largest absolute Gasteiger partial charge is 0.467 e. The summed E-state index contributed by atoms with van der Waals surface area (Å²) in [6.45, 7) is 1.87. The van der Waals surface area contributed by atoms with Crippen molar-refractivity contribution in [3.63, 3.8) is 0 Å². The topological polar surface area (TPSA) is 66.3 Å². The molecule has 0 saturated carbocycles. The zero-order valence-electron chi connectivity index (χ0n) is 12.4. The number of nitrogens with one attached hydrogen (secondary N) is 1. The highest BCUT2D eigenvalue weighted by Gasteiger charge is 2.21. The van der Waals surface area contributed by atoms with E-state index < -0.39 is 0 Å². The molecule has 3 rings (SSSR count). The molecule has 5 nitrogen and oxygen atoms in total. The van der Waals surface area contributed by atoms with Crippen molar-refractivity contribution >= 4 is 16.7 Å². The number of hydrogen-bond acceptors (Lipinski definition) is 3. The van der Waals surface area contributed by atoms with Gasteiger partial charge in [0.1, 0.15) is 11.5 Å². The molecule has 1 N–H and O–H groups in total. The van der Waals surface area contributed by atoms with E-state index >= 15 is 0 Å². The van der Waals surface area contributed by atoms with Crippen LogP contribution in [-0.2, 0) is 0 Å². The molecule has 0 saturated heterocycles. The van der Waals surface area contributed by atoms with Gasteiger partial charge in [0, 0.05) is 12.4 Å². The molecule has 1 amide bonds. The van der Waals surface area contributed by atoms with Crippen LogP contribution in [0.15, 0.2) is 57.9 Å². The van der Waals surface area contributed by atoms with Crippen LogP contribution < -0.4 is 5.56 Å². The highest BCUT2D eigenvalue weighted by Crippen LogP contribution is 2.21. The molecule has 0 radical (unpaired) electrons. The molecule has 22 heavy (non-hydrogen) atoms. The van der Waals surface area contributed by atoms with Crippen LogP contribution in [0.3, 0.4) is 0 Å². The van der Waals surface area contributed by atoms with Crippen molar-refractivity contribution < 1.29 is 9.21 Å². The Morgan fingerprint density at radius 1 is 1.23 bits per heavy atom. The molecule has 5 heteroatoms.